The van der Waals surface area contributed by atoms with Crippen molar-refractivity contribution < 1.29 is 18.0 Å². The van der Waals surface area contributed by atoms with E-state index in [9.17, 15) is 23.4 Å². The second kappa shape index (κ2) is 12.6. The third-order valence-corrected chi connectivity index (χ3v) is 8.58. The van der Waals surface area contributed by atoms with Crippen LogP contribution in [0.5, 0.6) is 0 Å². The second-order valence-electron chi connectivity index (χ2n) is 11.6. The topological polar surface area (TPSA) is 65.8 Å². The van der Waals surface area contributed by atoms with E-state index >= 15 is 0 Å². The van der Waals surface area contributed by atoms with E-state index in [-0.39, 0.29) is 23.3 Å². The molecule has 7 heteroatoms. The average molecular weight is 564 g/mol. The molecule has 2 aliphatic carbocycles. The zero-order valence-corrected chi connectivity index (χ0v) is 24.5. The Labute approximate surface area is 241 Å². The molecule has 218 valence electrons. The number of nitrogens with zero attached hydrogens (tertiary/aromatic N) is 1. The molecule has 1 saturated carbocycles. The summed E-state index contributed by atoms with van der Waals surface area (Å²) in [6.07, 6.45) is 9.27. The number of fused-ring (bicyclic) bond motifs is 1. The van der Waals surface area contributed by atoms with Crippen LogP contribution in [0.2, 0.25) is 0 Å². The number of carbonyl (C=O) groups excluding carboxylic acids is 1. The molecule has 1 aromatic heterocycles. The van der Waals surface area contributed by atoms with Crippen LogP contribution in [0.4, 0.5) is 13.2 Å². The summed E-state index contributed by atoms with van der Waals surface area (Å²) in [7, 11) is 0. The summed E-state index contributed by atoms with van der Waals surface area (Å²) in [5.41, 5.74) is 7.14. The first-order valence-corrected chi connectivity index (χ1v) is 14.5. The third kappa shape index (κ3) is 7.24. The number of rotatable bonds is 8. The second-order valence-corrected chi connectivity index (χ2v) is 11.6. The Morgan fingerprint density at radius 2 is 1.85 bits per heavy atom. The summed E-state index contributed by atoms with van der Waals surface area (Å²) < 4.78 is 38.8. The number of pyridine rings is 1. The van der Waals surface area contributed by atoms with Gasteiger partial charge in [0.15, 0.2) is 0 Å². The number of halogens is 3. The van der Waals surface area contributed by atoms with Gasteiger partial charge in [0.05, 0.1) is 5.56 Å². The number of amides is 1. The fourth-order valence-corrected chi connectivity index (χ4v) is 5.48. The van der Waals surface area contributed by atoms with Crippen LogP contribution in [0.25, 0.3) is 0 Å². The minimum atomic E-state index is -4.53. The van der Waals surface area contributed by atoms with Gasteiger partial charge in [0.2, 0.25) is 0 Å². The van der Waals surface area contributed by atoms with Crippen molar-refractivity contribution >= 4 is 11.6 Å². The molecule has 0 saturated heterocycles. The molecule has 1 amide bonds. The fourth-order valence-electron chi connectivity index (χ4n) is 5.48. The predicted octanol–water partition coefficient (Wildman–Crippen LogP) is 8.77. The first-order chi connectivity index (χ1) is 19.4. The van der Waals surface area contributed by atoms with Crippen molar-refractivity contribution in [3.63, 3.8) is 0 Å². The van der Waals surface area contributed by atoms with E-state index in [1.165, 1.54) is 47.4 Å². The summed E-state index contributed by atoms with van der Waals surface area (Å²) in [4.78, 5) is 16.9. The van der Waals surface area contributed by atoms with E-state index in [1.54, 1.807) is 6.07 Å². The summed E-state index contributed by atoms with van der Waals surface area (Å²) in [5, 5.41) is 11.3. The minimum absolute atomic E-state index is 0.0565. The molecule has 2 aliphatic rings. The standard InChI is InChI=1S/C34H40F3N3O/c1-6-20(2)9-7-8-10-21(3)28-18-30(31-16-14-26(19-39-31)33(41)40-23(5)34(35,36)37)32(38)27-15-13-25(24-11-12-24)17-29(27)22(28)4/h7-10,13-17,19,22-24,28,30,38H,6,11-12,18H2,1-5H3,(H,40,41). The van der Waals surface area contributed by atoms with Gasteiger partial charge in [-0.15, -0.1) is 0 Å². The Balaban J connectivity index is 1.67. The van der Waals surface area contributed by atoms with Gasteiger partial charge in [-0.05, 0) is 93.0 Å². The third-order valence-electron chi connectivity index (χ3n) is 8.58. The van der Waals surface area contributed by atoms with Crippen LogP contribution < -0.4 is 5.32 Å². The number of hydrogen-bond acceptors (Lipinski definition) is 3. The number of allylic oxidation sites excluding steroid dienone is 6. The lowest BCUT2D eigenvalue weighted by atomic mass is 9.78. The minimum Gasteiger partial charge on any atom is -0.340 e. The maximum absolute atomic E-state index is 12.9. The quantitative estimate of drug-likeness (QED) is 0.249. The lowest BCUT2D eigenvalue weighted by molar-refractivity contribution is -0.149. The molecule has 4 rings (SSSR count). The Morgan fingerprint density at radius 1 is 1.15 bits per heavy atom. The van der Waals surface area contributed by atoms with E-state index in [2.05, 4.69) is 75.2 Å². The van der Waals surface area contributed by atoms with Gasteiger partial charge in [-0.25, -0.2) is 0 Å². The van der Waals surface area contributed by atoms with Crippen LogP contribution in [0, 0.1) is 11.3 Å². The molecule has 0 spiro atoms. The normalized spacial score (nSPS) is 22.8. The molecular formula is C34H40F3N3O. The number of alkyl halides is 3. The number of benzene rings is 1. The van der Waals surface area contributed by atoms with E-state index < -0.39 is 18.1 Å². The summed E-state index contributed by atoms with van der Waals surface area (Å²) in [5.74, 6) is -0.217. The van der Waals surface area contributed by atoms with Gasteiger partial charge in [-0.2, -0.15) is 13.2 Å². The maximum Gasteiger partial charge on any atom is 0.408 e. The average Bonchev–Trinajstić information content (AvgIpc) is 3.80. The molecule has 1 fully saturated rings. The summed E-state index contributed by atoms with van der Waals surface area (Å²) in [6.45, 7) is 9.53. The van der Waals surface area contributed by atoms with E-state index in [1.807, 2.05) is 5.32 Å². The van der Waals surface area contributed by atoms with Gasteiger partial charge in [0.1, 0.15) is 6.04 Å². The summed E-state index contributed by atoms with van der Waals surface area (Å²) in [6, 6.07) is 7.73. The number of carbonyl (C=O) groups is 1. The highest BCUT2D eigenvalue weighted by atomic mass is 19.4. The van der Waals surface area contributed by atoms with Crippen LogP contribution in [0.3, 0.4) is 0 Å². The van der Waals surface area contributed by atoms with Gasteiger partial charge >= 0.3 is 6.18 Å². The monoisotopic (exact) mass is 563 g/mol. The highest BCUT2D eigenvalue weighted by molar-refractivity contribution is 6.04. The van der Waals surface area contributed by atoms with Crippen molar-refractivity contribution in [1.82, 2.24) is 10.3 Å². The number of hydrogen-bond donors (Lipinski definition) is 2. The lowest BCUT2D eigenvalue weighted by Gasteiger charge is -2.26. The van der Waals surface area contributed by atoms with Gasteiger partial charge in [0.25, 0.3) is 5.91 Å². The van der Waals surface area contributed by atoms with Gasteiger partial charge in [0, 0.05) is 23.5 Å². The van der Waals surface area contributed by atoms with E-state index in [4.69, 9.17) is 0 Å². The van der Waals surface area contributed by atoms with Crippen molar-refractivity contribution in [2.75, 3.05) is 0 Å². The van der Waals surface area contributed by atoms with Crippen LogP contribution in [0.1, 0.15) is 111 Å². The van der Waals surface area contributed by atoms with Crippen LogP contribution in [-0.4, -0.2) is 28.8 Å². The van der Waals surface area contributed by atoms with Crippen molar-refractivity contribution in [3.8, 4) is 0 Å². The highest BCUT2D eigenvalue weighted by Crippen LogP contribution is 2.46. The first kappa shape index (κ1) is 30.5. The molecule has 41 heavy (non-hydrogen) atoms. The molecule has 1 heterocycles. The van der Waals surface area contributed by atoms with Crippen molar-refractivity contribution in [2.24, 2.45) is 5.92 Å². The molecule has 0 aliphatic heterocycles. The van der Waals surface area contributed by atoms with Crippen LogP contribution >= 0.6 is 0 Å². The first-order valence-electron chi connectivity index (χ1n) is 14.5. The van der Waals surface area contributed by atoms with Crippen LogP contribution in [-0.2, 0) is 0 Å². The molecule has 0 radical (unpaired) electrons. The van der Waals surface area contributed by atoms with Gasteiger partial charge < -0.3 is 10.7 Å². The van der Waals surface area contributed by atoms with Crippen LogP contribution in [0.15, 0.2) is 72.0 Å². The van der Waals surface area contributed by atoms with Crippen molar-refractivity contribution in [1.29, 1.82) is 5.41 Å². The molecular weight excluding hydrogens is 523 g/mol. The molecule has 1 aromatic carbocycles. The molecule has 4 atom stereocenters. The fraction of sp³-hybridized carbons (Fsp3) is 0.441. The van der Waals surface area contributed by atoms with Crippen molar-refractivity contribution in [2.45, 2.75) is 90.3 Å². The van der Waals surface area contributed by atoms with Crippen molar-refractivity contribution in [3.05, 3.63) is 99.9 Å². The molecule has 0 bridgehead atoms. The zero-order chi connectivity index (χ0) is 29.9. The van der Waals surface area contributed by atoms with Gasteiger partial charge in [-0.3, -0.25) is 9.78 Å². The highest BCUT2D eigenvalue weighted by Gasteiger charge is 2.38. The largest absolute Gasteiger partial charge is 0.408 e. The number of aromatic nitrogens is 1. The van der Waals surface area contributed by atoms with E-state index in [0.29, 0.717) is 23.7 Å². The zero-order valence-electron chi connectivity index (χ0n) is 24.5. The van der Waals surface area contributed by atoms with E-state index in [0.717, 1.165) is 18.9 Å². The summed E-state index contributed by atoms with van der Waals surface area (Å²) >= 11 is 0. The molecule has 4 nitrogen and oxygen atoms in total. The molecule has 4 unspecified atom stereocenters. The molecule has 2 N–H and O–H groups in total. The predicted molar refractivity (Wildman–Crippen MR) is 159 cm³/mol. The smallest absolute Gasteiger partial charge is 0.340 e. The Hall–Kier alpha value is -3.48. The Morgan fingerprint density at radius 3 is 2.46 bits per heavy atom. The Bertz CT molecular complexity index is 1370. The maximum atomic E-state index is 12.9. The Kier molecular flexibility index (Phi) is 9.35. The number of nitrogens with one attached hydrogen (secondary N) is 2. The lowest BCUT2D eigenvalue weighted by Crippen LogP contribution is -2.43. The SMILES string of the molecule is CCC(C)=CC=CC=C(C)C1CC(c2ccc(C(=O)NC(C)C(F)(F)F)cn2)C(=N)c2ccc(C3CC3)cc2C1C. The molecule has 2 aromatic rings. The van der Waals surface area contributed by atoms with Gasteiger partial charge in [-0.1, -0.05) is 67.5 Å².